The normalized spacial score (nSPS) is 25.0. The molecule has 0 atom stereocenters. The van der Waals surface area contributed by atoms with Crippen LogP contribution < -0.4 is 5.32 Å². The lowest BCUT2D eigenvalue weighted by atomic mass is 10.5. The standard InChI is InChI=1S/C6H8N2/c1-3-7-5-2-6-8-4-1/h1-5,7H,6H2/b3-1-,5-2-,8-4?. The monoisotopic (exact) mass is 108 g/mol. The third-order valence-corrected chi connectivity index (χ3v) is 0.809. The Morgan fingerprint density at radius 1 is 1.38 bits per heavy atom. The topological polar surface area (TPSA) is 24.4 Å². The Kier molecular flexibility index (Phi) is 1.92. The average molecular weight is 108 g/mol. The van der Waals surface area contributed by atoms with Crippen LogP contribution in [0.1, 0.15) is 0 Å². The van der Waals surface area contributed by atoms with Crippen LogP contribution in [0.25, 0.3) is 0 Å². The molecule has 0 saturated heterocycles. The van der Waals surface area contributed by atoms with E-state index in [2.05, 4.69) is 10.3 Å². The summed E-state index contributed by atoms with van der Waals surface area (Å²) in [7, 11) is 0. The van der Waals surface area contributed by atoms with E-state index in [0.29, 0.717) is 0 Å². The molecule has 1 N–H and O–H groups in total. The summed E-state index contributed by atoms with van der Waals surface area (Å²) in [6, 6.07) is 0. The first-order chi connectivity index (χ1) is 4.00. The molecule has 0 fully saturated rings. The maximum absolute atomic E-state index is 3.99. The van der Waals surface area contributed by atoms with Crippen molar-refractivity contribution in [1.29, 1.82) is 0 Å². The van der Waals surface area contributed by atoms with Crippen molar-refractivity contribution in [2.45, 2.75) is 0 Å². The van der Waals surface area contributed by atoms with E-state index >= 15 is 0 Å². The Balaban J connectivity index is 2.51. The van der Waals surface area contributed by atoms with Gasteiger partial charge >= 0.3 is 0 Å². The van der Waals surface area contributed by atoms with Crippen molar-refractivity contribution >= 4 is 6.21 Å². The van der Waals surface area contributed by atoms with Crippen LogP contribution in [-0.4, -0.2) is 12.8 Å². The van der Waals surface area contributed by atoms with E-state index in [9.17, 15) is 0 Å². The molecule has 1 aliphatic heterocycles. The van der Waals surface area contributed by atoms with E-state index in [4.69, 9.17) is 0 Å². The van der Waals surface area contributed by atoms with Gasteiger partial charge in [-0.15, -0.1) is 0 Å². The van der Waals surface area contributed by atoms with Crippen LogP contribution in [0.3, 0.4) is 0 Å². The molecule has 42 valence electrons. The molecule has 0 aromatic carbocycles. The fourth-order valence-corrected chi connectivity index (χ4v) is 0.457. The highest BCUT2D eigenvalue weighted by Crippen LogP contribution is 1.76. The zero-order chi connectivity index (χ0) is 5.66. The molecule has 0 spiro atoms. The van der Waals surface area contributed by atoms with Gasteiger partial charge in [-0.3, -0.25) is 4.99 Å². The molecule has 1 aliphatic rings. The van der Waals surface area contributed by atoms with Crippen LogP contribution in [0.5, 0.6) is 0 Å². The number of hydrogen-bond donors (Lipinski definition) is 1. The summed E-state index contributed by atoms with van der Waals surface area (Å²) in [5.74, 6) is 0. The van der Waals surface area contributed by atoms with Gasteiger partial charge in [-0.1, -0.05) is 0 Å². The molecule has 0 aromatic heterocycles. The molecule has 2 nitrogen and oxygen atoms in total. The summed E-state index contributed by atoms with van der Waals surface area (Å²) < 4.78 is 0. The van der Waals surface area contributed by atoms with E-state index in [1.807, 2.05) is 24.6 Å². The van der Waals surface area contributed by atoms with Gasteiger partial charge in [-0.05, 0) is 18.4 Å². The summed E-state index contributed by atoms with van der Waals surface area (Å²) in [4.78, 5) is 3.99. The molecular weight excluding hydrogens is 100 g/mol. The molecule has 1 rings (SSSR count). The smallest absolute Gasteiger partial charge is 0.0587 e. The van der Waals surface area contributed by atoms with Crippen LogP contribution in [0.15, 0.2) is 29.5 Å². The summed E-state index contributed by atoms with van der Waals surface area (Å²) in [5, 5.41) is 2.93. The Hall–Kier alpha value is -1.05. The largest absolute Gasteiger partial charge is 0.368 e. The third kappa shape index (κ3) is 1.60. The van der Waals surface area contributed by atoms with E-state index < -0.39 is 0 Å². The summed E-state index contributed by atoms with van der Waals surface area (Å²) >= 11 is 0. The predicted octanol–water partition coefficient (Wildman–Crippen LogP) is 0.688. The third-order valence-electron chi connectivity index (χ3n) is 0.809. The number of nitrogens with one attached hydrogen (secondary N) is 1. The molecule has 0 aromatic rings. The van der Waals surface area contributed by atoms with E-state index in [-0.39, 0.29) is 0 Å². The van der Waals surface area contributed by atoms with Crippen molar-refractivity contribution in [3.63, 3.8) is 0 Å². The van der Waals surface area contributed by atoms with Crippen molar-refractivity contribution in [3.8, 4) is 0 Å². The Bertz CT molecular complexity index is 117. The number of nitrogens with zero attached hydrogens (tertiary/aromatic N) is 1. The molecule has 0 aliphatic carbocycles. The zero-order valence-electron chi connectivity index (χ0n) is 4.54. The first-order valence-corrected chi connectivity index (χ1v) is 2.56. The van der Waals surface area contributed by atoms with Crippen LogP contribution in [0, 0.1) is 0 Å². The molecule has 2 heteroatoms. The van der Waals surface area contributed by atoms with Gasteiger partial charge in [0.25, 0.3) is 0 Å². The second kappa shape index (κ2) is 3.02. The fourth-order valence-electron chi connectivity index (χ4n) is 0.457. The molecule has 0 radical (unpaired) electrons. The first kappa shape index (κ1) is 5.09. The molecule has 0 saturated carbocycles. The molecule has 0 unspecified atom stereocenters. The lowest BCUT2D eigenvalue weighted by Crippen LogP contribution is -1.93. The summed E-state index contributed by atoms with van der Waals surface area (Å²) in [6.07, 6.45) is 9.30. The van der Waals surface area contributed by atoms with E-state index in [1.165, 1.54) is 0 Å². The van der Waals surface area contributed by atoms with Gasteiger partial charge in [0.1, 0.15) is 0 Å². The highest BCUT2D eigenvalue weighted by atomic mass is 14.8. The Morgan fingerprint density at radius 3 is 3.38 bits per heavy atom. The zero-order valence-corrected chi connectivity index (χ0v) is 4.54. The minimum atomic E-state index is 0.775. The van der Waals surface area contributed by atoms with Crippen molar-refractivity contribution in [1.82, 2.24) is 5.32 Å². The average Bonchev–Trinajstić information content (AvgIpc) is 1.62. The molecule has 0 bridgehead atoms. The fraction of sp³-hybridized carbons (Fsp3) is 0.167. The molecule has 0 amide bonds. The van der Waals surface area contributed by atoms with Crippen molar-refractivity contribution in [2.75, 3.05) is 6.54 Å². The maximum Gasteiger partial charge on any atom is 0.0587 e. The van der Waals surface area contributed by atoms with Crippen LogP contribution in [0.4, 0.5) is 0 Å². The van der Waals surface area contributed by atoms with Gasteiger partial charge in [0.2, 0.25) is 0 Å². The number of allylic oxidation sites excluding steroid dienone is 1. The van der Waals surface area contributed by atoms with Gasteiger partial charge in [0.05, 0.1) is 6.54 Å². The van der Waals surface area contributed by atoms with E-state index in [0.717, 1.165) is 6.54 Å². The maximum atomic E-state index is 3.99. The van der Waals surface area contributed by atoms with Crippen LogP contribution in [-0.2, 0) is 0 Å². The lowest BCUT2D eigenvalue weighted by Gasteiger charge is -1.89. The lowest BCUT2D eigenvalue weighted by molar-refractivity contribution is 1.14. The van der Waals surface area contributed by atoms with Crippen molar-refractivity contribution in [3.05, 3.63) is 24.6 Å². The highest BCUT2D eigenvalue weighted by molar-refractivity contribution is 5.71. The number of rotatable bonds is 0. The summed E-state index contributed by atoms with van der Waals surface area (Å²) in [5.41, 5.74) is 0. The van der Waals surface area contributed by atoms with Gasteiger partial charge in [-0.25, -0.2) is 0 Å². The number of hydrogen-bond acceptors (Lipinski definition) is 2. The summed E-state index contributed by atoms with van der Waals surface area (Å²) in [6.45, 7) is 0.775. The van der Waals surface area contributed by atoms with Crippen LogP contribution in [0.2, 0.25) is 0 Å². The molecular formula is C6H8N2. The quantitative estimate of drug-likeness (QED) is 0.485. The molecule has 8 heavy (non-hydrogen) atoms. The predicted molar refractivity (Wildman–Crippen MR) is 34.8 cm³/mol. The minimum absolute atomic E-state index is 0.775. The minimum Gasteiger partial charge on any atom is -0.368 e. The SMILES string of the molecule is C1=NC/C=C\N/C=C\1. The molecule has 1 heterocycles. The van der Waals surface area contributed by atoms with Gasteiger partial charge < -0.3 is 5.32 Å². The second-order valence-corrected chi connectivity index (χ2v) is 1.44. The Morgan fingerprint density at radius 2 is 2.38 bits per heavy atom. The van der Waals surface area contributed by atoms with Crippen LogP contribution >= 0.6 is 0 Å². The first-order valence-electron chi connectivity index (χ1n) is 2.56. The Labute approximate surface area is 48.6 Å². The van der Waals surface area contributed by atoms with Gasteiger partial charge in [-0.2, -0.15) is 0 Å². The highest BCUT2D eigenvalue weighted by Gasteiger charge is 1.72. The van der Waals surface area contributed by atoms with Crippen molar-refractivity contribution < 1.29 is 0 Å². The van der Waals surface area contributed by atoms with Crippen molar-refractivity contribution in [2.24, 2.45) is 4.99 Å². The number of aliphatic imine (C=N–C) groups is 1. The van der Waals surface area contributed by atoms with Gasteiger partial charge in [0.15, 0.2) is 0 Å². The van der Waals surface area contributed by atoms with Gasteiger partial charge in [0, 0.05) is 12.4 Å². The van der Waals surface area contributed by atoms with E-state index in [1.54, 1.807) is 6.21 Å². The second-order valence-electron chi connectivity index (χ2n) is 1.44.